The van der Waals surface area contributed by atoms with Crippen LogP contribution in [0.5, 0.6) is 0 Å². The fourth-order valence-electron chi connectivity index (χ4n) is 2.58. The maximum atomic E-state index is 11.9. The molecule has 5 nitrogen and oxygen atoms in total. The zero-order valence-corrected chi connectivity index (χ0v) is 10.6. The standard InChI is InChI=1S/C14H17N3O2/c15-10-5-9(6-10)14(19)16-11-2-3-12-8(7-11)1-4-13(18)17-12/h2-3,7,9-10H,1,4-6,15H2,(H,16,19)(H,17,18). The smallest absolute Gasteiger partial charge is 0.227 e. The number of carbonyl (C=O) groups is 2. The van der Waals surface area contributed by atoms with Crippen LogP contribution in [0, 0.1) is 5.92 Å². The lowest BCUT2D eigenvalue weighted by Gasteiger charge is -2.31. The fourth-order valence-corrected chi connectivity index (χ4v) is 2.58. The molecule has 19 heavy (non-hydrogen) atoms. The van der Waals surface area contributed by atoms with Crippen LogP contribution in [0.2, 0.25) is 0 Å². The summed E-state index contributed by atoms with van der Waals surface area (Å²) in [7, 11) is 0. The van der Waals surface area contributed by atoms with Crippen LogP contribution in [-0.4, -0.2) is 17.9 Å². The van der Waals surface area contributed by atoms with Crippen molar-refractivity contribution in [2.45, 2.75) is 31.7 Å². The van der Waals surface area contributed by atoms with Crippen LogP contribution >= 0.6 is 0 Å². The quantitative estimate of drug-likeness (QED) is 0.747. The summed E-state index contributed by atoms with van der Waals surface area (Å²) in [4.78, 5) is 23.2. The molecule has 2 amide bonds. The van der Waals surface area contributed by atoms with Gasteiger partial charge < -0.3 is 16.4 Å². The molecular weight excluding hydrogens is 242 g/mol. The maximum absolute atomic E-state index is 11.9. The van der Waals surface area contributed by atoms with Crippen LogP contribution in [0.1, 0.15) is 24.8 Å². The zero-order valence-electron chi connectivity index (χ0n) is 10.6. The number of benzene rings is 1. The second kappa shape index (κ2) is 4.66. The molecule has 1 aromatic rings. The van der Waals surface area contributed by atoms with Crippen molar-refractivity contribution in [3.05, 3.63) is 23.8 Å². The number of nitrogens with two attached hydrogens (primary N) is 1. The molecule has 1 saturated carbocycles. The zero-order chi connectivity index (χ0) is 13.4. The Labute approximate surface area is 111 Å². The molecular formula is C14H17N3O2. The number of hydrogen-bond donors (Lipinski definition) is 3. The van der Waals surface area contributed by atoms with Gasteiger partial charge in [-0.1, -0.05) is 0 Å². The molecule has 3 rings (SSSR count). The number of anilines is 2. The number of amides is 2. The van der Waals surface area contributed by atoms with Gasteiger partial charge in [-0.15, -0.1) is 0 Å². The van der Waals surface area contributed by atoms with E-state index >= 15 is 0 Å². The maximum Gasteiger partial charge on any atom is 0.227 e. The number of fused-ring (bicyclic) bond motifs is 1. The van der Waals surface area contributed by atoms with Gasteiger partial charge in [0, 0.05) is 29.8 Å². The van der Waals surface area contributed by atoms with Gasteiger partial charge in [-0.2, -0.15) is 0 Å². The van der Waals surface area contributed by atoms with E-state index in [1.54, 1.807) is 0 Å². The van der Waals surface area contributed by atoms with Gasteiger partial charge in [0.15, 0.2) is 0 Å². The molecule has 0 bridgehead atoms. The minimum Gasteiger partial charge on any atom is -0.328 e. The molecule has 1 aliphatic heterocycles. The monoisotopic (exact) mass is 259 g/mol. The van der Waals surface area contributed by atoms with Crippen molar-refractivity contribution >= 4 is 23.2 Å². The highest BCUT2D eigenvalue weighted by atomic mass is 16.2. The molecule has 0 atom stereocenters. The molecule has 5 heteroatoms. The van der Waals surface area contributed by atoms with E-state index < -0.39 is 0 Å². The lowest BCUT2D eigenvalue weighted by Crippen LogP contribution is -2.42. The summed E-state index contributed by atoms with van der Waals surface area (Å²) in [5, 5.41) is 5.74. The van der Waals surface area contributed by atoms with Gasteiger partial charge in [0.1, 0.15) is 0 Å². The van der Waals surface area contributed by atoms with Crippen LogP contribution in [0.3, 0.4) is 0 Å². The summed E-state index contributed by atoms with van der Waals surface area (Å²) < 4.78 is 0. The summed E-state index contributed by atoms with van der Waals surface area (Å²) in [5.41, 5.74) is 8.40. The van der Waals surface area contributed by atoms with E-state index in [0.29, 0.717) is 6.42 Å². The van der Waals surface area contributed by atoms with E-state index in [4.69, 9.17) is 5.73 Å². The normalized spacial score (nSPS) is 25.0. The number of rotatable bonds is 2. The number of hydrogen-bond acceptors (Lipinski definition) is 3. The van der Waals surface area contributed by atoms with Crippen LogP contribution < -0.4 is 16.4 Å². The SMILES string of the molecule is NC1CC(C(=O)Nc2ccc3c(c2)CCC(=O)N3)C1. The lowest BCUT2D eigenvalue weighted by molar-refractivity contribution is -0.122. The van der Waals surface area contributed by atoms with Gasteiger partial charge in [0.05, 0.1) is 0 Å². The van der Waals surface area contributed by atoms with Gasteiger partial charge in [0.2, 0.25) is 11.8 Å². The van der Waals surface area contributed by atoms with E-state index in [9.17, 15) is 9.59 Å². The fraction of sp³-hybridized carbons (Fsp3) is 0.429. The van der Waals surface area contributed by atoms with Crippen LogP contribution in [0.25, 0.3) is 0 Å². The molecule has 0 saturated heterocycles. The van der Waals surface area contributed by atoms with E-state index in [1.165, 1.54) is 0 Å². The van der Waals surface area contributed by atoms with Gasteiger partial charge in [-0.25, -0.2) is 0 Å². The Hall–Kier alpha value is -1.88. The third-order valence-corrected chi connectivity index (χ3v) is 3.81. The Morgan fingerprint density at radius 1 is 1.32 bits per heavy atom. The molecule has 4 N–H and O–H groups in total. The topological polar surface area (TPSA) is 84.2 Å². The number of carbonyl (C=O) groups excluding carboxylic acids is 2. The van der Waals surface area contributed by atoms with E-state index in [0.717, 1.165) is 36.2 Å². The Morgan fingerprint density at radius 3 is 2.84 bits per heavy atom. The second-order valence-electron chi connectivity index (χ2n) is 5.34. The Balaban J connectivity index is 1.69. The minimum absolute atomic E-state index is 0.0431. The summed E-state index contributed by atoms with van der Waals surface area (Å²) in [6.07, 6.45) is 2.76. The average molecular weight is 259 g/mol. The van der Waals surface area contributed by atoms with E-state index in [-0.39, 0.29) is 23.8 Å². The van der Waals surface area contributed by atoms with Crippen molar-refractivity contribution in [3.8, 4) is 0 Å². The molecule has 1 aliphatic carbocycles. The van der Waals surface area contributed by atoms with E-state index in [1.807, 2.05) is 18.2 Å². The second-order valence-corrected chi connectivity index (χ2v) is 5.34. The molecule has 0 aromatic heterocycles. The van der Waals surface area contributed by atoms with Crippen molar-refractivity contribution in [2.24, 2.45) is 11.7 Å². The number of nitrogens with one attached hydrogen (secondary N) is 2. The highest BCUT2D eigenvalue weighted by Gasteiger charge is 2.32. The predicted molar refractivity (Wildman–Crippen MR) is 72.7 cm³/mol. The minimum atomic E-state index is 0.0431. The van der Waals surface area contributed by atoms with Gasteiger partial charge in [0.25, 0.3) is 0 Å². The molecule has 2 aliphatic rings. The highest BCUT2D eigenvalue weighted by Crippen LogP contribution is 2.29. The average Bonchev–Trinajstić information content (AvgIpc) is 2.35. The molecule has 1 aromatic carbocycles. The molecule has 0 unspecified atom stereocenters. The van der Waals surface area contributed by atoms with Gasteiger partial charge in [-0.05, 0) is 43.0 Å². The van der Waals surface area contributed by atoms with Crippen LogP contribution in [0.15, 0.2) is 18.2 Å². The van der Waals surface area contributed by atoms with Crippen molar-refractivity contribution in [1.29, 1.82) is 0 Å². The molecule has 0 spiro atoms. The third-order valence-electron chi connectivity index (χ3n) is 3.81. The molecule has 1 heterocycles. The third kappa shape index (κ3) is 2.46. The summed E-state index contributed by atoms with van der Waals surface area (Å²) in [6, 6.07) is 5.77. The first-order valence-corrected chi connectivity index (χ1v) is 6.61. The Kier molecular flexibility index (Phi) is 2.98. The lowest BCUT2D eigenvalue weighted by atomic mass is 9.80. The Bertz CT molecular complexity index is 535. The van der Waals surface area contributed by atoms with E-state index in [2.05, 4.69) is 10.6 Å². The van der Waals surface area contributed by atoms with Crippen molar-refractivity contribution < 1.29 is 9.59 Å². The summed E-state index contributed by atoms with van der Waals surface area (Å²) in [6.45, 7) is 0. The largest absolute Gasteiger partial charge is 0.328 e. The molecule has 100 valence electrons. The summed E-state index contributed by atoms with van der Waals surface area (Å²) >= 11 is 0. The van der Waals surface area contributed by atoms with Crippen molar-refractivity contribution in [1.82, 2.24) is 0 Å². The predicted octanol–water partition coefficient (Wildman–Crippen LogP) is 1.25. The van der Waals surface area contributed by atoms with Gasteiger partial charge >= 0.3 is 0 Å². The molecule has 1 fully saturated rings. The van der Waals surface area contributed by atoms with Gasteiger partial charge in [-0.3, -0.25) is 9.59 Å². The first-order valence-electron chi connectivity index (χ1n) is 6.61. The molecule has 0 radical (unpaired) electrons. The van der Waals surface area contributed by atoms with Crippen LogP contribution in [0.4, 0.5) is 11.4 Å². The highest BCUT2D eigenvalue weighted by molar-refractivity contribution is 5.96. The van der Waals surface area contributed by atoms with Crippen molar-refractivity contribution in [3.63, 3.8) is 0 Å². The van der Waals surface area contributed by atoms with Crippen LogP contribution in [-0.2, 0) is 16.0 Å². The Morgan fingerprint density at radius 2 is 2.11 bits per heavy atom. The first-order chi connectivity index (χ1) is 9.11. The first kappa shape index (κ1) is 12.2. The number of aryl methyl sites for hydroxylation is 1. The van der Waals surface area contributed by atoms with Crippen molar-refractivity contribution in [2.75, 3.05) is 10.6 Å². The summed E-state index contributed by atoms with van der Waals surface area (Å²) in [5.74, 6) is 0.139.